The SMILES string of the molecule is [2H]C([2H])(C)CCCCCCCCO. The molecule has 0 aromatic carbocycles. The van der Waals surface area contributed by atoms with Gasteiger partial charge in [0.15, 0.2) is 0 Å². The van der Waals surface area contributed by atoms with E-state index in [2.05, 4.69) is 0 Å². The van der Waals surface area contributed by atoms with Crippen LogP contribution in [0.1, 0.15) is 61.0 Å². The van der Waals surface area contributed by atoms with Gasteiger partial charge in [0.05, 0.1) is 0 Å². The zero-order valence-electron chi connectivity index (χ0n) is 9.60. The second kappa shape index (κ2) is 9.96. The third-order valence-electron chi connectivity index (χ3n) is 1.83. The molecule has 68 valence electrons. The Morgan fingerprint density at radius 3 is 1.82 bits per heavy atom. The van der Waals surface area contributed by atoms with E-state index < -0.39 is 6.37 Å². The van der Waals surface area contributed by atoms with Gasteiger partial charge in [0.25, 0.3) is 0 Å². The second-order valence-electron chi connectivity index (χ2n) is 2.95. The lowest BCUT2D eigenvalue weighted by Gasteiger charge is -1.98. The molecule has 0 radical (unpaired) electrons. The van der Waals surface area contributed by atoms with Gasteiger partial charge in [0.2, 0.25) is 0 Å². The Labute approximate surface area is 73.6 Å². The molecule has 11 heavy (non-hydrogen) atoms. The summed E-state index contributed by atoms with van der Waals surface area (Å²) in [5.74, 6) is 0. The fraction of sp³-hybridized carbons (Fsp3) is 1.00. The van der Waals surface area contributed by atoms with Crippen molar-refractivity contribution in [2.45, 2.75) is 58.2 Å². The number of aliphatic hydroxyl groups is 1. The maximum atomic E-state index is 8.53. The molecule has 0 fully saturated rings. The van der Waals surface area contributed by atoms with E-state index in [-0.39, 0.29) is 0 Å². The molecule has 1 heteroatoms. The zero-order chi connectivity index (χ0) is 10.2. The summed E-state index contributed by atoms with van der Waals surface area (Å²) in [6.45, 7) is 1.94. The van der Waals surface area contributed by atoms with Crippen molar-refractivity contribution in [1.29, 1.82) is 0 Å². The Hall–Kier alpha value is -0.0400. The summed E-state index contributed by atoms with van der Waals surface area (Å²) in [6, 6.07) is 0. The molecule has 0 aromatic heterocycles. The molecule has 0 spiro atoms. The van der Waals surface area contributed by atoms with E-state index in [1.165, 1.54) is 12.8 Å². The highest BCUT2D eigenvalue weighted by atomic mass is 16.2. The third-order valence-corrected chi connectivity index (χ3v) is 1.83. The average Bonchev–Trinajstić information content (AvgIpc) is 2.01. The minimum Gasteiger partial charge on any atom is -0.396 e. The lowest BCUT2D eigenvalue weighted by molar-refractivity contribution is 0.282. The molecule has 0 amide bonds. The van der Waals surface area contributed by atoms with E-state index in [0.717, 1.165) is 25.7 Å². The number of hydrogen-bond acceptors (Lipinski definition) is 1. The Bertz CT molecular complexity index is 110. The van der Waals surface area contributed by atoms with Crippen LogP contribution >= 0.6 is 0 Å². The van der Waals surface area contributed by atoms with Gasteiger partial charge in [-0.3, -0.25) is 0 Å². The molecule has 0 saturated heterocycles. The van der Waals surface area contributed by atoms with Crippen molar-refractivity contribution < 1.29 is 7.85 Å². The van der Waals surface area contributed by atoms with Crippen LogP contribution in [0.4, 0.5) is 0 Å². The molecule has 0 saturated carbocycles. The number of rotatable bonds is 8. The van der Waals surface area contributed by atoms with E-state index in [0.29, 0.717) is 13.0 Å². The van der Waals surface area contributed by atoms with Crippen LogP contribution in [0.25, 0.3) is 0 Å². The molecular weight excluding hydrogens is 136 g/mol. The van der Waals surface area contributed by atoms with Crippen LogP contribution in [0.15, 0.2) is 0 Å². The first kappa shape index (κ1) is 7.60. The van der Waals surface area contributed by atoms with E-state index in [9.17, 15) is 0 Å². The molecule has 0 rings (SSSR count). The van der Waals surface area contributed by atoms with E-state index >= 15 is 0 Å². The molecule has 0 aliphatic heterocycles. The summed E-state index contributed by atoms with van der Waals surface area (Å²) in [4.78, 5) is 0. The summed E-state index contributed by atoms with van der Waals surface area (Å²) >= 11 is 0. The van der Waals surface area contributed by atoms with Gasteiger partial charge in [-0.1, -0.05) is 51.8 Å². The fourth-order valence-electron chi connectivity index (χ4n) is 1.12. The second-order valence-corrected chi connectivity index (χ2v) is 2.95. The van der Waals surface area contributed by atoms with Crippen LogP contribution in [0, 0.1) is 0 Å². The molecule has 1 nitrogen and oxygen atoms in total. The maximum absolute atomic E-state index is 8.53. The van der Waals surface area contributed by atoms with Crippen LogP contribution in [-0.2, 0) is 0 Å². The van der Waals surface area contributed by atoms with Crippen LogP contribution in [0.5, 0.6) is 0 Å². The predicted molar refractivity (Wildman–Crippen MR) is 49.7 cm³/mol. The normalized spacial score (nSPS) is 14.4. The minimum absolute atomic E-state index is 0.303. The van der Waals surface area contributed by atoms with E-state index in [4.69, 9.17) is 7.85 Å². The minimum atomic E-state index is -0.995. The standard InChI is InChI=1S/C10H22O/c1-2-3-4-5-6-7-8-9-10-11/h11H,2-10H2,1H3/i2D2. The molecule has 0 aromatic rings. The Morgan fingerprint density at radius 1 is 0.909 bits per heavy atom. The van der Waals surface area contributed by atoms with Crippen molar-refractivity contribution in [3.8, 4) is 0 Å². The van der Waals surface area contributed by atoms with Crippen LogP contribution < -0.4 is 0 Å². The van der Waals surface area contributed by atoms with Gasteiger partial charge in [-0.25, -0.2) is 0 Å². The topological polar surface area (TPSA) is 20.2 Å². The molecule has 0 atom stereocenters. The molecule has 0 aliphatic rings. The van der Waals surface area contributed by atoms with Crippen molar-refractivity contribution in [2.75, 3.05) is 6.61 Å². The van der Waals surface area contributed by atoms with Crippen molar-refractivity contribution in [2.24, 2.45) is 0 Å². The molecule has 0 bridgehead atoms. The number of aliphatic hydroxyl groups excluding tert-OH is 1. The maximum Gasteiger partial charge on any atom is 0.0431 e. The fourth-order valence-corrected chi connectivity index (χ4v) is 1.12. The summed E-state index contributed by atoms with van der Waals surface area (Å²) in [7, 11) is 0. The Morgan fingerprint density at radius 2 is 1.36 bits per heavy atom. The summed E-state index contributed by atoms with van der Waals surface area (Å²) < 4.78 is 14.6. The van der Waals surface area contributed by atoms with Gasteiger partial charge in [-0.15, -0.1) is 0 Å². The Kier molecular flexibility index (Phi) is 6.88. The number of hydrogen-bond donors (Lipinski definition) is 1. The number of unbranched alkanes of at least 4 members (excludes halogenated alkanes) is 5. The lowest BCUT2D eigenvalue weighted by Crippen LogP contribution is -1.83. The van der Waals surface area contributed by atoms with Gasteiger partial charge < -0.3 is 5.11 Å². The highest BCUT2D eigenvalue weighted by molar-refractivity contribution is 4.44. The first-order chi connectivity index (χ1) is 6.06. The van der Waals surface area contributed by atoms with Crippen molar-refractivity contribution in [1.82, 2.24) is 0 Å². The van der Waals surface area contributed by atoms with Crippen LogP contribution in [0.2, 0.25) is 0 Å². The summed E-state index contributed by atoms with van der Waals surface area (Å²) in [5.41, 5.74) is 0. The van der Waals surface area contributed by atoms with Gasteiger partial charge in [0.1, 0.15) is 0 Å². The van der Waals surface area contributed by atoms with Gasteiger partial charge in [-0.05, 0) is 6.42 Å². The summed E-state index contributed by atoms with van der Waals surface area (Å²) in [6.07, 6.45) is 6.16. The van der Waals surface area contributed by atoms with Crippen molar-refractivity contribution in [3.63, 3.8) is 0 Å². The quantitative estimate of drug-likeness (QED) is 0.541. The summed E-state index contributed by atoms with van der Waals surface area (Å²) in [5, 5.41) is 8.53. The highest BCUT2D eigenvalue weighted by Crippen LogP contribution is 2.07. The zero-order valence-corrected chi connectivity index (χ0v) is 7.60. The van der Waals surface area contributed by atoms with E-state index in [1.54, 1.807) is 6.92 Å². The van der Waals surface area contributed by atoms with Gasteiger partial charge in [0, 0.05) is 9.35 Å². The highest BCUT2D eigenvalue weighted by Gasteiger charge is 1.89. The third kappa shape index (κ3) is 9.96. The Balaban J connectivity index is 3.00. The van der Waals surface area contributed by atoms with Crippen molar-refractivity contribution in [3.05, 3.63) is 0 Å². The van der Waals surface area contributed by atoms with E-state index in [1.807, 2.05) is 0 Å². The van der Waals surface area contributed by atoms with Gasteiger partial charge >= 0.3 is 0 Å². The average molecular weight is 160 g/mol. The predicted octanol–water partition coefficient (Wildman–Crippen LogP) is 3.12. The van der Waals surface area contributed by atoms with Crippen molar-refractivity contribution >= 4 is 0 Å². The largest absolute Gasteiger partial charge is 0.396 e. The molecule has 0 heterocycles. The lowest BCUT2D eigenvalue weighted by atomic mass is 10.1. The van der Waals surface area contributed by atoms with Gasteiger partial charge in [-0.2, -0.15) is 0 Å². The van der Waals surface area contributed by atoms with Crippen LogP contribution in [0.3, 0.4) is 0 Å². The molecular formula is C10H22O. The smallest absolute Gasteiger partial charge is 0.0431 e. The monoisotopic (exact) mass is 160 g/mol. The van der Waals surface area contributed by atoms with Crippen LogP contribution in [-0.4, -0.2) is 11.7 Å². The first-order valence-electron chi connectivity index (χ1n) is 5.67. The molecule has 0 aliphatic carbocycles. The molecule has 1 N–H and O–H groups in total. The molecule has 0 unspecified atom stereocenters. The first-order valence-corrected chi connectivity index (χ1v) is 4.67.